The smallest absolute Gasteiger partial charge is 0.306 e. The van der Waals surface area contributed by atoms with Crippen molar-refractivity contribution in [3.8, 4) is 0 Å². The first-order valence-electron chi connectivity index (χ1n) is 24.2. The molecule has 0 aliphatic carbocycles. The van der Waals surface area contributed by atoms with Crippen molar-refractivity contribution in [2.45, 2.75) is 238 Å². The van der Waals surface area contributed by atoms with Gasteiger partial charge in [-0.25, -0.2) is 0 Å². The molecule has 0 aliphatic rings. The predicted octanol–water partition coefficient (Wildman–Crippen LogP) is 14.2. The van der Waals surface area contributed by atoms with Crippen molar-refractivity contribution in [3.05, 3.63) is 72.9 Å². The van der Waals surface area contributed by atoms with Crippen LogP contribution in [0.5, 0.6) is 0 Å². The van der Waals surface area contributed by atoms with E-state index in [0.29, 0.717) is 19.3 Å². The SMILES string of the molecule is CC/C=C/C=C/C=C\CCCCCC(CC(=O)NC(CO)C(O)CCCCCCCCCCCCC)OC(=O)CCCCCC/C=C\C/C=C\C/C=C\CCCCC. The summed E-state index contributed by atoms with van der Waals surface area (Å²) in [6.45, 7) is 6.28. The number of rotatable bonds is 42. The topological polar surface area (TPSA) is 95.9 Å². The molecule has 0 rings (SSSR count). The van der Waals surface area contributed by atoms with E-state index in [1.54, 1.807) is 0 Å². The summed E-state index contributed by atoms with van der Waals surface area (Å²) in [6.07, 6.45) is 56.7. The summed E-state index contributed by atoms with van der Waals surface area (Å²) in [6, 6.07) is -0.719. The number of nitrogens with one attached hydrogen (secondary N) is 1. The van der Waals surface area contributed by atoms with Crippen LogP contribution in [-0.4, -0.2) is 46.9 Å². The number of carbonyl (C=O) groups is 2. The molecular weight excluding hydrogens is 719 g/mol. The van der Waals surface area contributed by atoms with Gasteiger partial charge in [-0.1, -0.05) is 196 Å². The van der Waals surface area contributed by atoms with Crippen LogP contribution >= 0.6 is 0 Å². The average molecular weight is 810 g/mol. The van der Waals surface area contributed by atoms with Crippen molar-refractivity contribution in [3.63, 3.8) is 0 Å². The van der Waals surface area contributed by atoms with Crippen LogP contribution in [0.3, 0.4) is 0 Å². The number of aliphatic hydroxyl groups is 2. The standard InChI is InChI=1S/C52H91NO5/c1-4-7-10-13-16-19-22-23-24-25-26-27-30-33-36-39-42-45-52(57)58-48(43-40-37-34-31-28-20-17-14-11-8-5-2)46-51(56)53-49(47-54)50(55)44-41-38-35-32-29-21-18-15-12-9-6-3/h8,11,14,16-17,19-20,23-24,26-28,48-50,54-55H,4-7,9-10,12-13,15,18,21-22,25,29-47H2,1-3H3,(H,53,56)/b11-8+,17-14+,19-16-,24-23-,27-26-,28-20-. The summed E-state index contributed by atoms with van der Waals surface area (Å²) in [7, 11) is 0. The fraction of sp³-hybridized carbons (Fsp3) is 0.731. The molecule has 0 bridgehead atoms. The first kappa shape index (κ1) is 55.3. The molecule has 3 atom stereocenters. The molecule has 3 unspecified atom stereocenters. The number of ether oxygens (including phenoxy) is 1. The fourth-order valence-electron chi connectivity index (χ4n) is 6.91. The molecule has 3 N–H and O–H groups in total. The van der Waals surface area contributed by atoms with Crippen LogP contribution in [0, 0.1) is 0 Å². The zero-order valence-electron chi connectivity index (χ0n) is 37.9. The Hall–Kier alpha value is -2.70. The highest BCUT2D eigenvalue weighted by Gasteiger charge is 2.24. The lowest BCUT2D eigenvalue weighted by atomic mass is 10.0. The Morgan fingerprint density at radius 1 is 0.534 bits per heavy atom. The van der Waals surface area contributed by atoms with Gasteiger partial charge in [0.1, 0.15) is 6.10 Å². The van der Waals surface area contributed by atoms with Crippen molar-refractivity contribution < 1.29 is 24.5 Å². The highest BCUT2D eigenvalue weighted by atomic mass is 16.5. The maximum atomic E-state index is 13.1. The average Bonchev–Trinajstić information content (AvgIpc) is 3.22. The Kier molecular flexibility index (Phi) is 43.3. The zero-order chi connectivity index (χ0) is 42.4. The maximum absolute atomic E-state index is 13.1. The Morgan fingerprint density at radius 2 is 1.00 bits per heavy atom. The minimum absolute atomic E-state index is 0.0423. The minimum atomic E-state index is -0.802. The van der Waals surface area contributed by atoms with Gasteiger partial charge in [0.25, 0.3) is 0 Å². The van der Waals surface area contributed by atoms with Crippen LogP contribution < -0.4 is 5.32 Å². The monoisotopic (exact) mass is 810 g/mol. The van der Waals surface area contributed by atoms with Crippen LogP contribution in [0.15, 0.2) is 72.9 Å². The molecule has 0 aromatic rings. The first-order valence-corrected chi connectivity index (χ1v) is 24.2. The number of unbranched alkanes of at least 4 members (excludes halogenated alkanes) is 20. The number of aliphatic hydroxyl groups excluding tert-OH is 2. The van der Waals surface area contributed by atoms with E-state index in [9.17, 15) is 19.8 Å². The highest BCUT2D eigenvalue weighted by Crippen LogP contribution is 2.17. The molecule has 0 fully saturated rings. The van der Waals surface area contributed by atoms with Crippen molar-refractivity contribution >= 4 is 11.9 Å². The summed E-state index contributed by atoms with van der Waals surface area (Å²) in [5, 5.41) is 23.6. The van der Waals surface area contributed by atoms with Crippen molar-refractivity contribution in [2.75, 3.05) is 6.61 Å². The Balaban J connectivity index is 4.64. The number of hydrogen-bond donors (Lipinski definition) is 3. The Morgan fingerprint density at radius 3 is 1.60 bits per heavy atom. The Bertz CT molecular complexity index is 1090. The zero-order valence-corrected chi connectivity index (χ0v) is 37.9. The second-order valence-electron chi connectivity index (χ2n) is 16.2. The van der Waals surface area contributed by atoms with Crippen molar-refractivity contribution in [1.29, 1.82) is 0 Å². The number of allylic oxidation sites excluding steroid dienone is 12. The van der Waals surface area contributed by atoms with Gasteiger partial charge in [-0.05, 0) is 83.5 Å². The third-order valence-corrected chi connectivity index (χ3v) is 10.6. The van der Waals surface area contributed by atoms with Crippen LogP contribution in [0.2, 0.25) is 0 Å². The number of esters is 1. The lowest BCUT2D eigenvalue weighted by Crippen LogP contribution is -2.46. The lowest BCUT2D eigenvalue weighted by molar-refractivity contribution is -0.151. The minimum Gasteiger partial charge on any atom is -0.462 e. The largest absolute Gasteiger partial charge is 0.462 e. The molecule has 58 heavy (non-hydrogen) atoms. The molecule has 0 radical (unpaired) electrons. The lowest BCUT2D eigenvalue weighted by Gasteiger charge is -2.24. The third-order valence-electron chi connectivity index (χ3n) is 10.6. The summed E-state index contributed by atoms with van der Waals surface area (Å²) in [5.41, 5.74) is 0. The van der Waals surface area contributed by atoms with Gasteiger partial charge in [0, 0.05) is 6.42 Å². The van der Waals surface area contributed by atoms with E-state index in [1.165, 1.54) is 77.0 Å². The van der Waals surface area contributed by atoms with E-state index in [1.807, 2.05) is 12.2 Å². The van der Waals surface area contributed by atoms with E-state index in [0.717, 1.165) is 96.3 Å². The van der Waals surface area contributed by atoms with E-state index in [2.05, 4.69) is 86.8 Å². The van der Waals surface area contributed by atoms with E-state index < -0.39 is 18.2 Å². The number of hydrogen-bond acceptors (Lipinski definition) is 5. The quantitative estimate of drug-likeness (QED) is 0.0247. The van der Waals surface area contributed by atoms with E-state index >= 15 is 0 Å². The molecule has 0 saturated carbocycles. The summed E-state index contributed by atoms with van der Waals surface area (Å²) < 4.78 is 5.89. The molecule has 334 valence electrons. The summed E-state index contributed by atoms with van der Waals surface area (Å²) in [4.78, 5) is 26.0. The van der Waals surface area contributed by atoms with Gasteiger partial charge >= 0.3 is 5.97 Å². The predicted molar refractivity (Wildman–Crippen MR) is 250 cm³/mol. The summed E-state index contributed by atoms with van der Waals surface area (Å²) >= 11 is 0. The van der Waals surface area contributed by atoms with E-state index in [4.69, 9.17) is 4.74 Å². The van der Waals surface area contributed by atoms with Gasteiger partial charge < -0.3 is 20.3 Å². The van der Waals surface area contributed by atoms with Gasteiger partial charge in [0.15, 0.2) is 0 Å². The van der Waals surface area contributed by atoms with Gasteiger partial charge in [0.05, 0.1) is 25.2 Å². The highest BCUT2D eigenvalue weighted by molar-refractivity contribution is 5.77. The molecule has 0 aromatic heterocycles. The van der Waals surface area contributed by atoms with Gasteiger partial charge in [-0.15, -0.1) is 0 Å². The number of carbonyl (C=O) groups excluding carboxylic acids is 2. The van der Waals surface area contributed by atoms with Crippen LogP contribution in [0.25, 0.3) is 0 Å². The van der Waals surface area contributed by atoms with E-state index in [-0.39, 0.29) is 24.9 Å². The van der Waals surface area contributed by atoms with Gasteiger partial charge in [-0.2, -0.15) is 0 Å². The van der Waals surface area contributed by atoms with Crippen LogP contribution in [0.4, 0.5) is 0 Å². The number of amides is 1. The third kappa shape index (κ3) is 40.1. The molecule has 0 heterocycles. The van der Waals surface area contributed by atoms with Gasteiger partial charge in [-0.3, -0.25) is 9.59 Å². The molecule has 0 aliphatic heterocycles. The molecule has 0 aromatic carbocycles. The summed E-state index contributed by atoms with van der Waals surface area (Å²) in [5.74, 6) is -0.540. The molecule has 0 spiro atoms. The van der Waals surface area contributed by atoms with Crippen LogP contribution in [-0.2, 0) is 14.3 Å². The van der Waals surface area contributed by atoms with Crippen molar-refractivity contribution in [1.82, 2.24) is 5.32 Å². The molecule has 6 heteroatoms. The van der Waals surface area contributed by atoms with Crippen molar-refractivity contribution in [2.24, 2.45) is 0 Å². The first-order chi connectivity index (χ1) is 28.5. The Labute approximate surface area is 358 Å². The normalized spacial score (nSPS) is 13.9. The van der Waals surface area contributed by atoms with Gasteiger partial charge in [0.2, 0.25) is 5.91 Å². The second-order valence-corrected chi connectivity index (χ2v) is 16.2. The fourth-order valence-corrected chi connectivity index (χ4v) is 6.91. The van der Waals surface area contributed by atoms with Crippen LogP contribution in [0.1, 0.15) is 220 Å². The molecule has 6 nitrogen and oxygen atoms in total. The molecule has 0 saturated heterocycles. The molecule has 1 amide bonds. The molecular formula is C52H91NO5. The maximum Gasteiger partial charge on any atom is 0.306 e. The second kappa shape index (κ2) is 45.4.